The first kappa shape index (κ1) is 22.3. The fraction of sp³-hybridized carbons (Fsp3) is 0.217. The highest BCUT2D eigenvalue weighted by molar-refractivity contribution is 7.99. The molecule has 4 aromatic rings. The quantitative estimate of drug-likeness (QED) is 0.373. The first-order valence-corrected chi connectivity index (χ1v) is 11.9. The minimum absolute atomic E-state index is 0.0275. The van der Waals surface area contributed by atoms with Crippen molar-refractivity contribution < 1.29 is 18.4 Å². The van der Waals surface area contributed by atoms with Crippen LogP contribution in [0, 0.1) is 0 Å². The van der Waals surface area contributed by atoms with Crippen LogP contribution in [0.2, 0.25) is 5.02 Å². The van der Waals surface area contributed by atoms with Gasteiger partial charge in [0.1, 0.15) is 0 Å². The number of halogens is 1. The number of hydrogen-bond donors (Lipinski definition) is 0. The van der Waals surface area contributed by atoms with Gasteiger partial charge in [0.25, 0.3) is 5.91 Å². The molecule has 0 spiro atoms. The number of rotatable bonds is 6. The van der Waals surface area contributed by atoms with E-state index in [2.05, 4.69) is 10.2 Å². The van der Waals surface area contributed by atoms with Gasteiger partial charge in [0.15, 0.2) is 16.7 Å². The number of carbonyl (C=O) groups is 2. The number of amides is 2. The summed E-state index contributed by atoms with van der Waals surface area (Å²) in [5, 5.41) is 9.77. The van der Waals surface area contributed by atoms with E-state index in [0.29, 0.717) is 53.7 Å². The Balaban J connectivity index is 1.26. The maximum atomic E-state index is 12.9. The average Bonchev–Trinajstić information content (AvgIpc) is 3.64. The Morgan fingerprint density at radius 3 is 2.29 bits per heavy atom. The smallest absolute Gasteiger partial charge is 0.289 e. The Hall–Kier alpha value is -3.50. The van der Waals surface area contributed by atoms with Gasteiger partial charge in [-0.1, -0.05) is 23.4 Å². The maximum Gasteiger partial charge on any atom is 0.289 e. The van der Waals surface area contributed by atoms with Gasteiger partial charge in [-0.3, -0.25) is 14.2 Å². The monoisotopic (exact) mass is 497 g/mol. The van der Waals surface area contributed by atoms with Crippen LogP contribution in [-0.2, 0) is 4.79 Å². The highest BCUT2D eigenvalue weighted by Crippen LogP contribution is 2.29. The van der Waals surface area contributed by atoms with Crippen LogP contribution in [0.15, 0.2) is 75.0 Å². The Morgan fingerprint density at radius 1 is 0.912 bits per heavy atom. The summed E-state index contributed by atoms with van der Waals surface area (Å²) in [6.45, 7) is 1.85. The third kappa shape index (κ3) is 4.59. The van der Waals surface area contributed by atoms with Crippen LogP contribution in [0.25, 0.3) is 17.3 Å². The molecule has 0 radical (unpaired) electrons. The van der Waals surface area contributed by atoms with Crippen LogP contribution >= 0.6 is 23.4 Å². The van der Waals surface area contributed by atoms with E-state index in [0.717, 1.165) is 5.69 Å². The van der Waals surface area contributed by atoms with Crippen molar-refractivity contribution in [1.82, 2.24) is 24.6 Å². The van der Waals surface area contributed by atoms with Crippen LogP contribution in [0.1, 0.15) is 10.6 Å². The van der Waals surface area contributed by atoms with Gasteiger partial charge in [-0.05, 0) is 48.5 Å². The van der Waals surface area contributed by atoms with E-state index in [1.54, 1.807) is 52.5 Å². The summed E-state index contributed by atoms with van der Waals surface area (Å²) in [7, 11) is 0. The molecule has 174 valence electrons. The van der Waals surface area contributed by atoms with Crippen LogP contribution in [0.5, 0.6) is 0 Å². The van der Waals surface area contributed by atoms with Crippen molar-refractivity contribution in [2.24, 2.45) is 0 Å². The zero-order chi connectivity index (χ0) is 23.5. The minimum atomic E-state index is -0.159. The predicted octanol–water partition coefficient (Wildman–Crippen LogP) is 3.85. The average molecular weight is 498 g/mol. The molecule has 1 aliphatic rings. The molecule has 34 heavy (non-hydrogen) atoms. The van der Waals surface area contributed by atoms with Gasteiger partial charge in [0.05, 0.1) is 18.3 Å². The number of hydrogen-bond acceptors (Lipinski definition) is 7. The molecule has 4 heterocycles. The van der Waals surface area contributed by atoms with Crippen LogP contribution in [-0.4, -0.2) is 68.3 Å². The number of nitrogens with zero attached hydrogens (tertiary/aromatic N) is 5. The highest BCUT2D eigenvalue weighted by Gasteiger charge is 2.27. The van der Waals surface area contributed by atoms with Gasteiger partial charge >= 0.3 is 0 Å². The molecule has 0 saturated carbocycles. The molecule has 1 fully saturated rings. The van der Waals surface area contributed by atoms with Crippen molar-refractivity contribution in [3.8, 4) is 17.3 Å². The Bertz CT molecular complexity index is 1260. The van der Waals surface area contributed by atoms with Gasteiger partial charge in [-0.2, -0.15) is 0 Å². The molecule has 5 rings (SSSR count). The van der Waals surface area contributed by atoms with Crippen molar-refractivity contribution in [2.75, 3.05) is 31.9 Å². The van der Waals surface area contributed by atoms with Gasteiger partial charge in [-0.25, -0.2) is 0 Å². The first-order valence-electron chi connectivity index (χ1n) is 10.6. The molecule has 0 atom stereocenters. The molecule has 2 amide bonds. The van der Waals surface area contributed by atoms with Crippen molar-refractivity contribution in [3.05, 3.63) is 71.8 Å². The molecule has 1 aromatic carbocycles. The van der Waals surface area contributed by atoms with Gasteiger partial charge in [-0.15, -0.1) is 10.2 Å². The third-order valence-corrected chi connectivity index (χ3v) is 6.60. The fourth-order valence-electron chi connectivity index (χ4n) is 3.68. The van der Waals surface area contributed by atoms with E-state index in [1.807, 2.05) is 16.7 Å². The lowest BCUT2D eigenvalue weighted by Gasteiger charge is -2.34. The molecule has 0 bridgehead atoms. The normalized spacial score (nSPS) is 13.9. The summed E-state index contributed by atoms with van der Waals surface area (Å²) in [4.78, 5) is 28.8. The van der Waals surface area contributed by atoms with Gasteiger partial charge in [0.2, 0.25) is 11.7 Å². The number of benzene rings is 1. The van der Waals surface area contributed by atoms with Gasteiger partial charge < -0.3 is 18.6 Å². The second-order valence-corrected chi connectivity index (χ2v) is 8.91. The first-order chi connectivity index (χ1) is 16.6. The van der Waals surface area contributed by atoms with E-state index in [4.69, 9.17) is 20.4 Å². The van der Waals surface area contributed by atoms with Crippen molar-refractivity contribution >= 4 is 35.2 Å². The molecule has 0 N–H and O–H groups in total. The van der Waals surface area contributed by atoms with E-state index in [1.165, 1.54) is 18.0 Å². The van der Waals surface area contributed by atoms with Crippen molar-refractivity contribution in [3.63, 3.8) is 0 Å². The highest BCUT2D eigenvalue weighted by atomic mass is 35.5. The molecule has 11 heteroatoms. The summed E-state index contributed by atoms with van der Waals surface area (Å²) in [5.74, 6) is 1.42. The molecule has 0 aliphatic carbocycles. The number of furan rings is 2. The molecule has 9 nitrogen and oxygen atoms in total. The minimum Gasteiger partial charge on any atom is -0.461 e. The molecule has 1 aliphatic heterocycles. The number of piperazine rings is 1. The maximum absolute atomic E-state index is 12.9. The Morgan fingerprint density at radius 2 is 1.62 bits per heavy atom. The summed E-state index contributed by atoms with van der Waals surface area (Å²) >= 11 is 7.35. The zero-order valence-corrected chi connectivity index (χ0v) is 19.5. The predicted molar refractivity (Wildman–Crippen MR) is 126 cm³/mol. The number of thioether (sulfide) groups is 1. The lowest BCUT2D eigenvalue weighted by atomic mass is 10.3. The second-order valence-electron chi connectivity index (χ2n) is 7.53. The van der Waals surface area contributed by atoms with Crippen LogP contribution in [0.3, 0.4) is 0 Å². The van der Waals surface area contributed by atoms with E-state index >= 15 is 0 Å². The second kappa shape index (κ2) is 9.78. The molecule has 0 unspecified atom stereocenters. The topological polar surface area (TPSA) is 97.6 Å². The van der Waals surface area contributed by atoms with Crippen molar-refractivity contribution in [1.29, 1.82) is 0 Å². The van der Waals surface area contributed by atoms with Crippen molar-refractivity contribution in [2.45, 2.75) is 5.16 Å². The Kier molecular flexibility index (Phi) is 6.41. The Labute approximate surface area is 204 Å². The third-order valence-electron chi connectivity index (χ3n) is 5.44. The summed E-state index contributed by atoms with van der Waals surface area (Å²) in [5.41, 5.74) is 0.806. The molecule has 1 saturated heterocycles. The summed E-state index contributed by atoms with van der Waals surface area (Å²) in [6, 6.07) is 14.2. The van der Waals surface area contributed by atoms with Crippen LogP contribution in [0.4, 0.5) is 0 Å². The SMILES string of the molecule is O=C(CSc1nnc(-c2ccco2)n1-c1ccc(Cl)cc1)N1CCN(C(=O)c2ccco2)CC1. The van der Waals surface area contributed by atoms with E-state index in [-0.39, 0.29) is 17.6 Å². The van der Waals surface area contributed by atoms with Crippen LogP contribution < -0.4 is 0 Å². The lowest BCUT2D eigenvalue weighted by Crippen LogP contribution is -2.51. The molecular formula is C23H20ClN5O4S. The zero-order valence-electron chi connectivity index (χ0n) is 18.0. The molecular weight excluding hydrogens is 478 g/mol. The molecule has 3 aromatic heterocycles. The number of carbonyl (C=O) groups excluding carboxylic acids is 2. The summed E-state index contributed by atoms with van der Waals surface area (Å²) in [6.07, 6.45) is 3.05. The fourth-order valence-corrected chi connectivity index (χ4v) is 4.67. The number of aromatic nitrogens is 3. The summed E-state index contributed by atoms with van der Waals surface area (Å²) < 4.78 is 12.6. The van der Waals surface area contributed by atoms with Gasteiger partial charge in [0, 0.05) is 36.9 Å². The largest absolute Gasteiger partial charge is 0.461 e. The van der Waals surface area contributed by atoms with E-state index in [9.17, 15) is 9.59 Å². The van der Waals surface area contributed by atoms with E-state index < -0.39 is 0 Å². The standard InChI is InChI=1S/C23H20ClN5O4S/c24-16-5-7-17(8-6-16)29-21(18-3-1-13-32-18)25-26-23(29)34-15-20(30)27-9-11-28(12-10-27)22(31)19-4-2-14-33-19/h1-8,13-14H,9-12,15H2. The lowest BCUT2D eigenvalue weighted by molar-refractivity contribution is -0.129.